The molecule has 2 aromatic carbocycles. The number of amides is 1. The Morgan fingerprint density at radius 3 is 2.18 bits per heavy atom. The number of nitrogens with zero attached hydrogens (tertiary/aromatic N) is 2. The third kappa shape index (κ3) is 5.84. The molecular formula is C23H32N4O. The van der Waals surface area contributed by atoms with Crippen molar-refractivity contribution in [2.24, 2.45) is 10.7 Å². The van der Waals surface area contributed by atoms with E-state index in [1.165, 1.54) is 5.56 Å². The number of rotatable bonds is 8. The van der Waals surface area contributed by atoms with Crippen LogP contribution in [0.15, 0.2) is 53.5 Å². The largest absolute Gasteiger partial charge is 0.370 e. The number of hydrogen-bond donors (Lipinski definition) is 2. The average molecular weight is 381 g/mol. The average Bonchev–Trinajstić information content (AvgIpc) is 2.73. The standard InChI is InChI=1S/C23H32N4O/c1-5-17(4)19-12-14-21(15-13-19)26-23(24)25-16-18-8-10-20(11-9-18)22(28)27(6-2)7-3/h8-15,17H,5-7,16H2,1-4H3,(H3,24,25,26). The molecule has 0 saturated heterocycles. The van der Waals surface area contributed by atoms with E-state index in [1.54, 1.807) is 0 Å². The van der Waals surface area contributed by atoms with E-state index in [4.69, 9.17) is 5.73 Å². The number of nitrogens with one attached hydrogen (secondary N) is 1. The van der Waals surface area contributed by atoms with Crippen LogP contribution in [-0.4, -0.2) is 29.9 Å². The molecule has 2 aromatic rings. The first-order valence-corrected chi connectivity index (χ1v) is 10.0. The van der Waals surface area contributed by atoms with Gasteiger partial charge < -0.3 is 16.0 Å². The third-order valence-electron chi connectivity index (χ3n) is 5.05. The molecule has 0 heterocycles. The van der Waals surface area contributed by atoms with Crippen molar-refractivity contribution in [3.63, 3.8) is 0 Å². The quantitative estimate of drug-likeness (QED) is 0.519. The Bertz CT molecular complexity index is 777. The van der Waals surface area contributed by atoms with Gasteiger partial charge in [-0.05, 0) is 61.6 Å². The number of nitrogens with two attached hydrogens (primary N) is 1. The summed E-state index contributed by atoms with van der Waals surface area (Å²) in [4.78, 5) is 18.5. The molecule has 5 nitrogen and oxygen atoms in total. The molecule has 5 heteroatoms. The minimum Gasteiger partial charge on any atom is -0.370 e. The molecule has 0 bridgehead atoms. The summed E-state index contributed by atoms with van der Waals surface area (Å²) in [6.07, 6.45) is 1.12. The number of carbonyl (C=O) groups excluding carboxylic acids is 1. The zero-order valence-corrected chi connectivity index (χ0v) is 17.4. The predicted octanol–water partition coefficient (Wildman–Crippen LogP) is 4.61. The number of guanidine groups is 1. The summed E-state index contributed by atoms with van der Waals surface area (Å²) in [6, 6.07) is 15.8. The number of hydrogen-bond acceptors (Lipinski definition) is 2. The highest BCUT2D eigenvalue weighted by molar-refractivity contribution is 5.94. The highest BCUT2D eigenvalue weighted by Gasteiger charge is 2.11. The maximum atomic E-state index is 12.3. The maximum absolute atomic E-state index is 12.3. The van der Waals surface area contributed by atoms with Gasteiger partial charge in [-0.3, -0.25) is 4.79 Å². The van der Waals surface area contributed by atoms with E-state index >= 15 is 0 Å². The minimum absolute atomic E-state index is 0.0575. The second-order valence-corrected chi connectivity index (χ2v) is 6.93. The van der Waals surface area contributed by atoms with Crippen LogP contribution in [0.3, 0.4) is 0 Å². The number of aliphatic imine (C=N–C) groups is 1. The van der Waals surface area contributed by atoms with E-state index in [2.05, 4.69) is 36.3 Å². The fraction of sp³-hybridized carbons (Fsp3) is 0.391. The van der Waals surface area contributed by atoms with Gasteiger partial charge in [-0.15, -0.1) is 0 Å². The fourth-order valence-corrected chi connectivity index (χ4v) is 2.94. The van der Waals surface area contributed by atoms with Crippen LogP contribution in [0.25, 0.3) is 0 Å². The minimum atomic E-state index is 0.0575. The van der Waals surface area contributed by atoms with Gasteiger partial charge in [-0.25, -0.2) is 4.99 Å². The lowest BCUT2D eigenvalue weighted by Gasteiger charge is -2.18. The van der Waals surface area contributed by atoms with E-state index in [0.29, 0.717) is 37.1 Å². The summed E-state index contributed by atoms with van der Waals surface area (Å²) in [5.41, 5.74) is 9.96. The fourth-order valence-electron chi connectivity index (χ4n) is 2.94. The molecule has 150 valence electrons. The molecule has 1 amide bonds. The smallest absolute Gasteiger partial charge is 0.253 e. The Labute approximate surface area is 168 Å². The molecule has 1 atom stereocenters. The van der Waals surface area contributed by atoms with Crippen LogP contribution >= 0.6 is 0 Å². The summed E-state index contributed by atoms with van der Waals surface area (Å²) in [5, 5.41) is 3.12. The van der Waals surface area contributed by atoms with Crippen molar-refractivity contribution in [1.82, 2.24) is 4.90 Å². The molecule has 28 heavy (non-hydrogen) atoms. The summed E-state index contributed by atoms with van der Waals surface area (Å²) < 4.78 is 0. The van der Waals surface area contributed by atoms with Crippen molar-refractivity contribution in [3.05, 3.63) is 65.2 Å². The Morgan fingerprint density at radius 2 is 1.64 bits per heavy atom. The topological polar surface area (TPSA) is 70.7 Å². The monoisotopic (exact) mass is 380 g/mol. The molecule has 0 saturated carbocycles. The predicted molar refractivity (Wildman–Crippen MR) is 118 cm³/mol. The summed E-state index contributed by atoms with van der Waals surface area (Å²) in [5.74, 6) is 0.985. The van der Waals surface area contributed by atoms with Crippen molar-refractivity contribution in [3.8, 4) is 0 Å². The van der Waals surface area contributed by atoms with Crippen molar-refractivity contribution in [2.75, 3.05) is 18.4 Å². The normalized spacial score (nSPS) is 12.5. The van der Waals surface area contributed by atoms with E-state index < -0.39 is 0 Å². The maximum Gasteiger partial charge on any atom is 0.253 e. The zero-order chi connectivity index (χ0) is 20.5. The molecule has 0 aliphatic heterocycles. The Balaban J connectivity index is 1.94. The van der Waals surface area contributed by atoms with Gasteiger partial charge >= 0.3 is 0 Å². The van der Waals surface area contributed by atoms with Gasteiger partial charge in [0.15, 0.2) is 5.96 Å². The molecule has 0 spiro atoms. The first kappa shape index (κ1) is 21.5. The van der Waals surface area contributed by atoms with Crippen molar-refractivity contribution in [1.29, 1.82) is 0 Å². The van der Waals surface area contributed by atoms with Crippen LogP contribution in [0, 0.1) is 0 Å². The van der Waals surface area contributed by atoms with E-state index in [1.807, 2.05) is 55.1 Å². The first-order valence-electron chi connectivity index (χ1n) is 10.0. The number of benzene rings is 2. The van der Waals surface area contributed by atoms with Crippen LogP contribution in [0.4, 0.5) is 5.69 Å². The lowest BCUT2D eigenvalue weighted by Crippen LogP contribution is -2.30. The van der Waals surface area contributed by atoms with Crippen molar-refractivity contribution < 1.29 is 4.79 Å². The van der Waals surface area contributed by atoms with Gasteiger partial charge in [-0.2, -0.15) is 0 Å². The molecule has 3 N–H and O–H groups in total. The molecule has 0 aromatic heterocycles. The van der Waals surface area contributed by atoms with E-state index in [0.717, 1.165) is 17.7 Å². The van der Waals surface area contributed by atoms with Crippen LogP contribution in [-0.2, 0) is 6.54 Å². The third-order valence-corrected chi connectivity index (χ3v) is 5.05. The van der Waals surface area contributed by atoms with Gasteiger partial charge in [0.2, 0.25) is 0 Å². The first-order chi connectivity index (χ1) is 13.5. The highest BCUT2D eigenvalue weighted by Crippen LogP contribution is 2.20. The van der Waals surface area contributed by atoms with Gasteiger partial charge in [-0.1, -0.05) is 38.1 Å². The van der Waals surface area contributed by atoms with Crippen LogP contribution < -0.4 is 11.1 Å². The zero-order valence-electron chi connectivity index (χ0n) is 17.4. The lowest BCUT2D eigenvalue weighted by molar-refractivity contribution is 0.0773. The Kier molecular flexibility index (Phi) is 8.05. The molecule has 0 aliphatic carbocycles. The highest BCUT2D eigenvalue weighted by atomic mass is 16.2. The SMILES string of the molecule is CCC(C)c1ccc(NC(N)=NCc2ccc(C(=O)N(CC)CC)cc2)cc1. The van der Waals surface area contributed by atoms with Gasteiger partial charge in [0.25, 0.3) is 5.91 Å². The van der Waals surface area contributed by atoms with Gasteiger partial charge in [0.1, 0.15) is 0 Å². The summed E-state index contributed by atoms with van der Waals surface area (Å²) in [7, 11) is 0. The second kappa shape index (κ2) is 10.5. The molecule has 1 unspecified atom stereocenters. The van der Waals surface area contributed by atoms with Crippen LogP contribution in [0.5, 0.6) is 0 Å². The number of anilines is 1. The van der Waals surface area contributed by atoms with Gasteiger partial charge in [0.05, 0.1) is 6.54 Å². The van der Waals surface area contributed by atoms with Crippen molar-refractivity contribution in [2.45, 2.75) is 46.6 Å². The Morgan fingerprint density at radius 1 is 1.04 bits per heavy atom. The molecule has 0 radical (unpaired) electrons. The van der Waals surface area contributed by atoms with Crippen molar-refractivity contribution >= 4 is 17.6 Å². The molecule has 0 fully saturated rings. The lowest BCUT2D eigenvalue weighted by atomic mass is 9.99. The Hall–Kier alpha value is -2.82. The molecule has 2 rings (SSSR count). The summed E-state index contributed by atoms with van der Waals surface area (Å²) >= 11 is 0. The molecule has 0 aliphatic rings. The van der Waals surface area contributed by atoms with Crippen LogP contribution in [0.1, 0.15) is 61.5 Å². The van der Waals surface area contributed by atoms with Crippen LogP contribution in [0.2, 0.25) is 0 Å². The van der Waals surface area contributed by atoms with E-state index in [-0.39, 0.29) is 5.91 Å². The number of carbonyl (C=O) groups is 1. The second-order valence-electron chi connectivity index (χ2n) is 6.93. The summed E-state index contributed by atoms with van der Waals surface area (Å²) in [6.45, 7) is 10.3. The van der Waals surface area contributed by atoms with E-state index in [9.17, 15) is 4.79 Å². The molecular weight excluding hydrogens is 348 g/mol. The van der Waals surface area contributed by atoms with Gasteiger partial charge in [0, 0.05) is 24.3 Å².